The molecule has 2 unspecified atom stereocenters. The van der Waals surface area contributed by atoms with E-state index in [2.05, 4.69) is 17.5 Å². The Kier molecular flexibility index (Phi) is 1.46. The van der Waals surface area contributed by atoms with Crippen LogP contribution in [-0.2, 0) is 0 Å². The maximum absolute atomic E-state index is 2.40. The molecular formula is C8H12S. The van der Waals surface area contributed by atoms with E-state index in [4.69, 9.17) is 0 Å². The van der Waals surface area contributed by atoms with Crippen molar-refractivity contribution in [3.8, 4) is 0 Å². The highest BCUT2D eigenvalue weighted by atomic mass is 32.2. The molecule has 0 radical (unpaired) electrons. The molecule has 2 atom stereocenters. The van der Waals surface area contributed by atoms with Crippen molar-refractivity contribution in [2.75, 3.05) is 11.5 Å². The van der Waals surface area contributed by atoms with E-state index in [0.29, 0.717) is 10.5 Å². The summed E-state index contributed by atoms with van der Waals surface area (Å²) in [5.74, 6) is 3.89. The van der Waals surface area contributed by atoms with Gasteiger partial charge in [-0.15, -0.1) is 0 Å². The van der Waals surface area contributed by atoms with Gasteiger partial charge in [-0.25, -0.2) is 0 Å². The van der Waals surface area contributed by atoms with Gasteiger partial charge >= 0.3 is 0 Å². The van der Waals surface area contributed by atoms with Crippen molar-refractivity contribution in [1.82, 2.24) is 0 Å². The molecule has 50 valence electrons. The SMILES string of the molecule is C1=CC2CCCS(=C1)C2. The van der Waals surface area contributed by atoms with Gasteiger partial charge in [-0.1, -0.05) is 12.2 Å². The zero-order valence-corrected chi connectivity index (χ0v) is 6.36. The topological polar surface area (TPSA) is 0 Å². The van der Waals surface area contributed by atoms with Crippen LogP contribution in [0.3, 0.4) is 0 Å². The lowest BCUT2D eigenvalue weighted by atomic mass is 10.1. The summed E-state index contributed by atoms with van der Waals surface area (Å²) < 4.78 is 0. The normalized spacial score (nSPS) is 40.0. The van der Waals surface area contributed by atoms with Gasteiger partial charge in [-0.3, -0.25) is 0 Å². The molecule has 0 aromatic rings. The number of hydrogen-bond donors (Lipinski definition) is 0. The first-order valence-electron chi connectivity index (χ1n) is 3.63. The van der Waals surface area contributed by atoms with Crippen molar-refractivity contribution >= 4 is 15.9 Å². The molecular weight excluding hydrogens is 128 g/mol. The lowest BCUT2D eigenvalue weighted by Gasteiger charge is -2.24. The molecule has 2 bridgehead atoms. The average molecular weight is 140 g/mol. The summed E-state index contributed by atoms with van der Waals surface area (Å²) in [6, 6.07) is 0. The van der Waals surface area contributed by atoms with E-state index < -0.39 is 0 Å². The largest absolute Gasteiger partial charge is 0.185 e. The first-order valence-corrected chi connectivity index (χ1v) is 5.26. The smallest absolute Gasteiger partial charge is 0.00539 e. The summed E-state index contributed by atoms with van der Waals surface area (Å²) in [5.41, 5.74) is 0. The third kappa shape index (κ3) is 1.11. The maximum atomic E-state index is 2.40. The van der Waals surface area contributed by atoms with Crippen LogP contribution >= 0.6 is 10.5 Å². The quantitative estimate of drug-likeness (QED) is 0.452. The Balaban J connectivity index is 2.22. The van der Waals surface area contributed by atoms with Crippen LogP contribution in [-0.4, -0.2) is 16.9 Å². The van der Waals surface area contributed by atoms with Gasteiger partial charge in [-0.05, 0) is 35.6 Å². The second-order valence-electron chi connectivity index (χ2n) is 2.83. The minimum atomic E-state index is 0.693. The zero-order valence-electron chi connectivity index (χ0n) is 5.55. The predicted molar refractivity (Wildman–Crippen MR) is 45.3 cm³/mol. The Morgan fingerprint density at radius 2 is 2.44 bits per heavy atom. The van der Waals surface area contributed by atoms with Crippen LogP contribution in [0, 0.1) is 5.92 Å². The molecule has 0 aromatic carbocycles. The fourth-order valence-corrected chi connectivity index (χ4v) is 3.65. The molecule has 0 amide bonds. The molecule has 2 aliphatic rings. The fraction of sp³-hybridized carbons (Fsp3) is 0.625. The Hall–Kier alpha value is -0.0400. The van der Waals surface area contributed by atoms with Gasteiger partial charge in [-0.2, -0.15) is 10.5 Å². The molecule has 1 heteroatoms. The summed E-state index contributed by atoms with van der Waals surface area (Å²) in [6.07, 6.45) is 7.57. The summed E-state index contributed by atoms with van der Waals surface area (Å²) in [6.45, 7) is 0. The van der Waals surface area contributed by atoms with Crippen LogP contribution in [0.4, 0.5) is 0 Å². The molecule has 0 nitrogen and oxygen atoms in total. The van der Waals surface area contributed by atoms with E-state index in [0.717, 1.165) is 5.92 Å². The number of hydrogen-bond acceptors (Lipinski definition) is 0. The van der Waals surface area contributed by atoms with Crippen molar-refractivity contribution in [2.45, 2.75) is 12.8 Å². The van der Waals surface area contributed by atoms with Gasteiger partial charge in [0.05, 0.1) is 0 Å². The summed E-state index contributed by atoms with van der Waals surface area (Å²) in [7, 11) is 0.693. The first kappa shape index (κ1) is 5.72. The van der Waals surface area contributed by atoms with E-state index in [-0.39, 0.29) is 0 Å². The van der Waals surface area contributed by atoms with Gasteiger partial charge in [0.1, 0.15) is 0 Å². The Bertz CT molecular complexity index is 167. The van der Waals surface area contributed by atoms with Crippen LogP contribution in [0.1, 0.15) is 12.8 Å². The van der Waals surface area contributed by atoms with Crippen LogP contribution < -0.4 is 0 Å². The predicted octanol–water partition coefficient (Wildman–Crippen LogP) is 2.04. The maximum Gasteiger partial charge on any atom is -0.00539 e. The third-order valence-corrected chi connectivity index (χ3v) is 4.28. The van der Waals surface area contributed by atoms with Crippen LogP contribution in [0.5, 0.6) is 0 Å². The van der Waals surface area contributed by atoms with Crippen molar-refractivity contribution in [3.05, 3.63) is 12.2 Å². The molecule has 2 rings (SSSR count). The zero-order chi connectivity index (χ0) is 6.10. The molecule has 2 heterocycles. The second-order valence-corrected chi connectivity index (χ2v) is 4.92. The van der Waals surface area contributed by atoms with Crippen molar-refractivity contribution in [1.29, 1.82) is 0 Å². The highest BCUT2D eigenvalue weighted by molar-refractivity contribution is 8.15. The first-order chi connectivity index (χ1) is 4.45. The summed E-state index contributed by atoms with van der Waals surface area (Å²) in [4.78, 5) is 0. The highest BCUT2D eigenvalue weighted by Gasteiger charge is 2.14. The Morgan fingerprint density at radius 1 is 1.44 bits per heavy atom. The molecule has 1 fully saturated rings. The lowest BCUT2D eigenvalue weighted by molar-refractivity contribution is 0.628. The average Bonchev–Trinajstić information content (AvgIpc) is 1.88. The number of fused-ring (bicyclic) bond motifs is 2. The van der Waals surface area contributed by atoms with E-state index in [1.807, 2.05) is 0 Å². The van der Waals surface area contributed by atoms with E-state index in [1.54, 1.807) is 0 Å². The Labute approximate surface area is 58.9 Å². The van der Waals surface area contributed by atoms with Gasteiger partial charge < -0.3 is 0 Å². The molecule has 0 saturated carbocycles. The minimum absolute atomic E-state index is 0.693. The van der Waals surface area contributed by atoms with Gasteiger partial charge in [0.2, 0.25) is 0 Å². The summed E-state index contributed by atoms with van der Waals surface area (Å²) >= 11 is 0. The third-order valence-electron chi connectivity index (χ3n) is 2.06. The van der Waals surface area contributed by atoms with Crippen LogP contribution in [0.25, 0.3) is 0 Å². The standard InChI is InChI=1S/C8H12S/c1-3-8-4-2-6-9(5-1)7-8/h1,3,5,8H,2,4,6-7H2. The van der Waals surface area contributed by atoms with Gasteiger partial charge in [0.15, 0.2) is 0 Å². The van der Waals surface area contributed by atoms with Crippen molar-refractivity contribution < 1.29 is 0 Å². The molecule has 0 N–H and O–H groups in total. The molecule has 2 aliphatic heterocycles. The van der Waals surface area contributed by atoms with Crippen molar-refractivity contribution in [3.63, 3.8) is 0 Å². The minimum Gasteiger partial charge on any atom is -0.185 e. The fourth-order valence-electron chi connectivity index (χ4n) is 1.56. The van der Waals surface area contributed by atoms with Crippen molar-refractivity contribution in [2.24, 2.45) is 5.92 Å². The summed E-state index contributed by atoms with van der Waals surface area (Å²) in [5, 5.41) is 2.40. The molecule has 1 saturated heterocycles. The van der Waals surface area contributed by atoms with Gasteiger partial charge in [0.25, 0.3) is 0 Å². The van der Waals surface area contributed by atoms with E-state index >= 15 is 0 Å². The highest BCUT2D eigenvalue weighted by Crippen LogP contribution is 2.31. The number of rotatable bonds is 0. The Morgan fingerprint density at radius 3 is 3.22 bits per heavy atom. The van der Waals surface area contributed by atoms with E-state index in [9.17, 15) is 0 Å². The molecule has 9 heavy (non-hydrogen) atoms. The lowest BCUT2D eigenvalue weighted by Crippen LogP contribution is -2.12. The monoisotopic (exact) mass is 140 g/mol. The van der Waals surface area contributed by atoms with E-state index in [1.165, 1.54) is 24.3 Å². The number of allylic oxidation sites excluding steroid dienone is 2. The molecule has 0 aromatic heterocycles. The van der Waals surface area contributed by atoms with Crippen LogP contribution in [0.15, 0.2) is 12.2 Å². The molecule has 0 aliphatic carbocycles. The van der Waals surface area contributed by atoms with Crippen LogP contribution in [0.2, 0.25) is 0 Å². The second kappa shape index (κ2) is 2.30. The molecule has 0 spiro atoms. The van der Waals surface area contributed by atoms with Gasteiger partial charge in [0, 0.05) is 0 Å².